The smallest absolute Gasteiger partial charge is 0.219 e. The van der Waals surface area contributed by atoms with Crippen LogP contribution < -0.4 is 10.1 Å². The summed E-state index contributed by atoms with van der Waals surface area (Å²) in [6, 6.07) is 12.0. The van der Waals surface area contributed by atoms with Crippen molar-refractivity contribution in [3.8, 4) is 11.6 Å². The lowest BCUT2D eigenvalue weighted by atomic mass is 10.2. The summed E-state index contributed by atoms with van der Waals surface area (Å²) in [6.07, 6.45) is 0. The number of hydrogen-bond donors (Lipinski definition) is 1. The van der Waals surface area contributed by atoms with Crippen molar-refractivity contribution in [2.75, 3.05) is 6.54 Å². The SMILES string of the molecule is CCNCc1ccc(Oc2ccc(C)cc2)nc1C. The van der Waals surface area contributed by atoms with Crippen LogP contribution in [0.2, 0.25) is 0 Å². The molecule has 1 aromatic carbocycles. The minimum atomic E-state index is 0.640. The molecule has 1 heterocycles. The number of nitrogens with zero attached hydrogens (tertiary/aromatic N) is 1. The fourth-order valence-electron chi connectivity index (χ4n) is 1.80. The minimum absolute atomic E-state index is 0.640. The van der Waals surface area contributed by atoms with Gasteiger partial charge in [0, 0.05) is 18.3 Å². The summed E-state index contributed by atoms with van der Waals surface area (Å²) in [5.41, 5.74) is 3.43. The van der Waals surface area contributed by atoms with E-state index in [0.717, 1.165) is 24.5 Å². The minimum Gasteiger partial charge on any atom is -0.439 e. The average molecular weight is 256 g/mol. The van der Waals surface area contributed by atoms with E-state index in [0.29, 0.717) is 5.88 Å². The molecule has 0 amide bonds. The number of ether oxygens (including phenoxy) is 1. The molecule has 0 aliphatic heterocycles. The molecular formula is C16H20N2O. The number of nitrogens with one attached hydrogen (secondary N) is 1. The highest BCUT2D eigenvalue weighted by Gasteiger charge is 2.03. The number of benzene rings is 1. The van der Waals surface area contributed by atoms with Crippen molar-refractivity contribution in [2.24, 2.45) is 0 Å². The first kappa shape index (κ1) is 13.6. The summed E-state index contributed by atoms with van der Waals surface area (Å²) in [4.78, 5) is 4.48. The first-order valence-electron chi connectivity index (χ1n) is 6.61. The first-order valence-corrected chi connectivity index (χ1v) is 6.61. The van der Waals surface area contributed by atoms with Crippen LogP contribution in [0, 0.1) is 13.8 Å². The Balaban J connectivity index is 2.09. The van der Waals surface area contributed by atoms with Crippen LogP contribution >= 0.6 is 0 Å². The van der Waals surface area contributed by atoms with Crippen LogP contribution in [-0.4, -0.2) is 11.5 Å². The molecule has 1 N–H and O–H groups in total. The second-order valence-corrected chi connectivity index (χ2v) is 4.59. The molecule has 2 aromatic rings. The molecule has 0 atom stereocenters. The van der Waals surface area contributed by atoms with E-state index in [1.54, 1.807) is 0 Å². The van der Waals surface area contributed by atoms with Gasteiger partial charge >= 0.3 is 0 Å². The standard InChI is InChI=1S/C16H20N2O/c1-4-17-11-14-7-10-16(18-13(14)3)19-15-8-5-12(2)6-9-15/h5-10,17H,4,11H2,1-3H3. The van der Waals surface area contributed by atoms with Gasteiger partial charge in [-0.1, -0.05) is 30.7 Å². The summed E-state index contributed by atoms with van der Waals surface area (Å²) in [6.45, 7) is 7.97. The van der Waals surface area contributed by atoms with Crippen LogP contribution in [0.25, 0.3) is 0 Å². The van der Waals surface area contributed by atoms with Gasteiger partial charge in [-0.2, -0.15) is 0 Å². The van der Waals surface area contributed by atoms with Crippen molar-refractivity contribution in [3.05, 3.63) is 53.2 Å². The third kappa shape index (κ3) is 3.80. The van der Waals surface area contributed by atoms with E-state index in [-0.39, 0.29) is 0 Å². The molecule has 0 saturated carbocycles. The Morgan fingerprint density at radius 3 is 2.42 bits per heavy atom. The highest BCUT2D eigenvalue weighted by atomic mass is 16.5. The van der Waals surface area contributed by atoms with Crippen molar-refractivity contribution < 1.29 is 4.74 Å². The second-order valence-electron chi connectivity index (χ2n) is 4.59. The largest absolute Gasteiger partial charge is 0.439 e. The fourth-order valence-corrected chi connectivity index (χ4v) is 1.80. The van der Waals surface area contributed by atoms with Crippen LogP contribution in [0.5, 0.6) is 11.6 Å². The summed E-state index contributed by atoms with van der Waals surface area (Å²) in [7, 11) is 0. The van der Waals surface area contributed by atoms with E-state index in [4.69, 9.17) is 4.74 Å². The molecule has 0 fully saturated rings. The van der Waals surface area contributed by atoms with E-state index in [2.05, 4.69) is 30.2 Å². The van der Waals surface area contributed by atoms with Gasteiger partial charge in [0.05, 0.1) is 0 Å². The molecule has 0 saturated heterocycles. The highest BCUT2D eigenvalue weighted by molar-refractivity contribution is 5.32. The van der Waals surface area contributed by atoms with E-state index in [1.807, 2.05) is 37.3 Å². The topological polar surface area (TPSA) is 34.1 Å². The summed E-state index contributed by atoms with van der Waals surface area (Å²) < 4.78 is 5.74. The molecule has 3 heteroatoms. The van der Waals surface area contributed by atoms with Gasteiger partial charge in [0.1, 0.15) is 5.75 Å². The van der Waals surface area contributed by atoms with Crippen LogP contribution in [0.1, 0.15) is 23.7 Å². The van der Waals surface area contributed by atoms with Gasteiger partial charge in [0.15, 0.2) is 0 Å². The lowest BCUT2D eigenvalue weighted by molar-refractivity contribution is 0.460. The van der Waals surface area contributed by atoms with Crippen LogP contribution in [0.15, 0.2) is 36.4 Å². The molecule has 0 unspecified atom stereocenters. The summed E-state index contributed by atoms with van der Waals surface area (Å²) in [5.74, 6) is 1.46. The van der Waals surface area contributed by atoms with E-state index >= 15 is 0 Å². The van der Waals surface area contributed by atoms with Crippen molar-refractivity contribution in [3.63, 3.8) is 0 Å². The number of aromatic nitrogens is 1. The van der Waals surface area contributed by atoms with Gasteiger partial charge in [-0.3, -0.25) is 0 Å². The Bertz CT molecular complexity index is 535. The first-order chi connectivity index (χ1) is 9.19. The molecule has 0 bridgehead atoms. The van der Waals surface area contributed by atoms with Crippen molar-refractivity contribution >= 4 is 0 Å². The molecule has 0 aliphatic rings. The van der Waals surface area contributed by atoms with Crippen molar-refractivity contribution in [1.29, 1.82) is 0 Å². The van der Waals surface area contributed by atoms with E-state index < -0.39 is 0 Å². The maximum atomic E-state index is 5.74. The predicted octanol–water partition coefficient (Wildman–Crippen LogP) is 3.60. The zero-order valence-corrected chi connectivity index (χ0v) is 11.7. The van der Waals surface area contributed by atoms with Gasteiger partial charge < -0.3 is 10.1 Å². The molecule has 100 valence electrons. The number of rotatable bonds is 5. The second kappa shape index (κ2) is 6.34. The maximum absolute atomic E-state index is 5.74. The molecule has 19 heavy (non-hydrogen) atoms. The molecule has 1 aromatic heterocycles. The Kier molecular flexibility index (Phi) is 4.53. The number of aryl methyl sites for hydroxylation is 2. The summed E-state index contributed by atoms with van der Waals surface area (Å²) in [5, 5.41) is 3.30. The van der Waals surface area contributed by atoms with Gasteiger partial charge in [0.25, 0.3) is 0 Å². The van der Waals surface area contributed by atoms with Crippen molar-refractivity contribution in [2.45, 2.75) is 27.3 Å². The number of pyridine rings is 1. The van der Waals surface area contributed by atoms with Gasteiger partial charge in [-0.05, 0) is 38.1 Å². The van der Waals surface area contributed by atoms with E-state index in [9.17, 15) is 0 Å². The average Bonchev–Trinajstić information content (AvgIpc) is 2.41. The van der Waals surface area contributed by atoms with Gasteiger partial charge in [-0.25, -0.2) is 4.98 Å². The highest BCUT2D eigenvalue weighted by Crippen LogP contribution is 2.21. The lowest BCUT2D eigenvalue weighted by Gasteiger charge is -2.09. The maximum Gasteiger partial charge on any atom is 0.219 e. The summed E-state index contributed by atoms with van der Waals surface area (Å²) >= 11 is 0. The monoisotopic (exact) mass is 256 g/mol. The molecule has 0 aliphatic carbocycles. The van der Waals surface area contributed by atoms with E-state index in [1.165, 1.54) is 11.1 Å². The third-order valence-corrected chi connectivity index (χ3v) is 2.98. The van der Waals surface area contributed by atoms with Gasteiger partial charge in [0.2, 0.25) is 5.88 Å². The molecule has 0 radical (unpaired) electrons. The predicted molar refractivity (Wildman–Crippen MR) is 77.6 cm³/mol. The molecule has 0 spiro atoms. The molecule has 2 rings (SSSR count). The normalized spacial score (nSPS) is 10.5. The molecule has 3 nitrogen and oxygen atoms in total. The number of hydrogen-bond acceptors (Lipinski definition) is 3. The zero-order valence-electron chi connectivity index (χ0n) is 11.7. The quantitative estimate of drug-likeness (QED) is 0.887. The van der Waals surface area contributed by atoms with Crippen molar-refractivity contribution in [1.82, 2.24) is 10.3 Å². The van der Waals surface area contributed by atoms with Crippen LogP contribution in [-0.2, 0) is 6.54 Å². The Hall–Kier alpha value is -1.87. The van der Waals surface area contributed by atoms with Crippen LogP contribution in [0.3, 0.4) is 0 Å². The van der Waals surface area contributed by atoms with Crippen LogP contribution in [0.4, 0.5) is 0 Å². The third-order valence-electron chi connectivity index (χ3n) is 2.98. The molecular weight excluding hydrogens is 236 g/mol. The Morgan fingerprint density at radius 2 is 1.79 bits per heavy atom. The van der Waals surface area contributed by atoms with Gasteiger partial charge in [-0.15, -0.1) is 0 Å². The fraction of sp³-hybridized carbons (Fsp3) is 0.312. The zero-order chi connectivity index (χ0) is 13.7. The Labute approximate surface area is 114 Å². The Morgan fingerprint density at radius 1 is 1.05 bits per heavy atom. The lowest BCUT2D eigenvalue weighted by Crippen LogP contribution is -2.13.